The quantitative estimate of drug-likeness (QED) is 0.739. The molecule has 0 spiro atoms. The van der Waals surface area contributed by atoms with Crippen molar-refractivity contribution in [2.45, 2.75) is 25.4 Å². The predicted octanol–water partition coefficient (Wildman–Crippen LogP) is 1.39. The Morgan fingerprint density at radius 3 is 3.20 bits per heavy atom. The van der Waals surface area contributed by atoms with Gasteiger partial charge in [-0.1, -0.05) is 6.07 Å². The van der Waals surface area contributed by atoms with Gasteiger partial charge in [0, 0.05) is 38.0 Å². The summed E-state index contributed by atoms with van der Waals surface area (Å²) < 4.78 is 5.53. The number of pyridine rings is 1. The first-order valence-electron chi connectivity index (χ1n) is 5.67. The van der Waals surface area contributed by atoms with Gasteiger partial charge in [-0.05, 0) is 25.0 Å². The highest BCUT2D eigenvalue weighted by Crippen LogP contribution is 2.10. The number of hydrogen-bond donors (Lipinski definition) is 1. The lowest BCUT2D eigenvalue weighted by atomic mass is 10.2. The second-order valence-corrected chi connectivity index (χ2v) is 3.91. The summed E-state index contributed by atoms with van der Waals surface area (Å²) in [5.74, 6) is 0. The molecule has 0 aliphatic carbocycles. The van der Waals surface area contributed by atoms with Gasteiger partial charge in [-0.2, -0.15) is 0 Å². The monoisotopic (exact) mass is 206 g/mol. The molecule has 3 heteroatoms. The molecule has 0 aromatic carbocycles. The van der Waals surface area contributed by atoms with Crippen molar-refractivity contribution in [2.24, 2.45) is 0 Å². The van der Waals surface area contributed by atoms with Crippen molar-refractivity contribution in [1.82, 2.24) is 10.3 Å². The fourth-order valence-corrected chi connectivity index (χ4v) is 1.83. The molecule has 1 fully saturated rings. The molecule has 1 atom stereocenters. The van der Waals surface area contributed by atoms with Crippen LogP contribution >= 0.6 is 0 Å². The first kappa shape index (κ1) is 10.6. The minimum atomic E-state index is 0.439. The van der Waals surface area contributed by atoms with Crippen molar-refractivity contribution < 1.29 is 4.74 Å². The summed E-state index contributed by atoms with van der Waals surface area (Å²) >= 11 is 0. The standard InChI is InChI=1S/C12H18N2O/c1-2-7-14-11(4-1)6-8-13-10-12-5-3-9-15-12/h1-2,4,7,12-13H,3,5-6,8-10H2. The van der Waals surface area contributed by atoms with E-state index >= 15 is 0 Å². The highest BCUT2D eigenvalue weighted by Gasteiger charge is 2.14. The first-order chi connectivity index (χ1) is 7.45. The molecule has 1 aliphatic rings. The third-order valence-electron chi connectivity index (χ3n) is 2.68. The molecular weight excluding hydrogens is 188 g/mol. The van der Waals surface area contributed by atoms with E-state index in [1.54, 1.807) is 0 Å². The van der Waals surface area contributed by atoms with E-state index in [1.807, 2.05) is 18.3 Å². The Bertz CT molecular complexity index is 270. The van der Waals surface area contributed by atoms with Crippen molar-refractivity contribution in [3.05, 3.63) is 30.1 Å². The second kappa shape index (κ2) is 5.83. The van der Waals surface area contributed by atoms with E-state index in [-0.39, 0.29) is 0 Å². The van der Waals surface area contributed by atoms with Crippen molar-refractivity contribution >= 4 is 0 Å². The molecule has 1 aromatic rings. The molecule has 1 aliphatic heterocycles. The maximum Gasteiger partial charge on any atom is 0.0700 e. The molecule has 0 radical (unpaired) electrons. The van der Waals surface area contributed by atoms with Gasteiger partial charge in [0.25, 0.3) is 0 Å². The van der Waals surface area contributed by atoms with Gasteiger partial charge in [0.05, 0.1) is 6.10 Å². The molecule has 0 saturated carbocycles. The molecule has 2 rings (SSSR count). The van der Waals surface area contributed by atoms with Crippen LogP contribution in [-0.2, 0) is 11.2 Å². The fourth-order valence-electron chi connectivity index (χ4n) is 1.83. The summed E-state index contributed by atoms with van der Waals surface area (Å²) in [6.07, 6.45) is 5.69. The van der Waals surface area contributed by atoms with Gasteiger partial charge in [0.15, 0.2) is 0 Å². The Balaban J connectivity index is 1.59. The zero-order valence-corrected chi connectivity index (χ0v) is 8.98. The van der Waals surface area contributed by atoms with Gasteiger partial charge in [0.2, 0.25) is 0 Å². The van der Waals surface area contributed by atoms with Crippen molar-refractivity contribution in [2.75, 3.05) is 19.7 Å². The van der Waals surface area contributed by atoms with E-state index in [1.165, 1.54) is 12.8 Å². The van der Waals surface area contributed by atoms with Gasteiger partial charge in [0.1, 0.15) is 0 Å². The second-order valence-electron chi connectivity index (χ2n) is 3.91. The molecule has 1 saturated heterocycles. The van der Waals surface area contributed by atoms with E-state index in [0.29, 0.717) is 6.10 Å². The molecule has 0 bridgehead atoms. The predicted molar refractivity (Wildman–Crippen MR) is 59.8 cm³/mol. The van der Waals surface area contributed by atoms with Crippen LogP contribution in [0.3, 0.4) is 0 Å². The largest absolute Gasteiger partial charge is 0.377 e. The lowest BCUT2D eigenvalue weighted by Crippen LogP contribution is -2.28. The van der Waals surface area contributed by atoms with Crippen LogP contribution in [0.25, 0.3) is 0 Å². The number of nitrogens with zero attached hydrogens (tertiary/aromatic N) is 1. The molecule has 2 heterocycles. The Morgan fingerprint density at radius 1 is 1.47 bits per heavy atom. The minimum absolute atomic E-state index is 0.439. The zero-order valence-electron chi connectivity index (χ0n) is 8.98. The van der Waals surface area contributed by atoms with E-state index < -0.39 is 0 Å². The van der Waals surface area contributed by atoms with Crippen LogP contribution in [0, 0.1) is 0 Å². The smallest absolute Gasteiger partial charge is 0.0700 e. The number of ether oxygens (including phenoxy) is 1. The van der Waals surface area contributed by atoms with Crippen molar-refractivity contribution in [3.63, 3.8) is 0 Å². The van der Waals surface area contributed by atoms with E-state index in [0.717, 1.165) is 31.8 Å². The van der Waals surface area contributed by atoms with Crippen LogP contribution < -0.4 is 5.32 Å². The van der Waals surface area contributed by atoms with Crippen LogP contribution in [0.5, 0.6) is 0 Å². The molecule has 0 amide bonds. The highest BCUT2D eigenvalue weighted by atomic mass is 16.5. The van der Waals surface area contributed by atoms with E-state index in [9.17, 15) is 0 Å². The highest BCUT2D eigenvalue weighted by molar-refractivity contribution is 5.03. The number of hydrogen-bond acceptors (Lipinski definition) is 3. The first-order valence-corrected chi connectivity index (χ1v) is 5.67. The van der Waals surface area contributed by atoms with Gasteiger partial charge in [-0.25, -0.2) is 0 Å². The molecule has 1 N–H and O–H groups in total. The van der Waals surface area contributed by atoms with Crippen molar-refractivity contribution in [1.29, 1.82) is 0 Å². The number of rotatable bonds is 5. The molecule has 1 aromatic heterocycles. The van der Waals surface area contributed by atoms with Gasteiger partial charge < -0.3 is 10.1 Å². The van der Waals surface area contributed by atoms with Crippen LogP contribution in [0.1, 0.15) is 18.5 Å². The topological polar surface area (TPSA) is 34.1 Å². The lowest BCUT2D eigenvalue weighted by Gasteiger charge is -2.10. The summed E-state index contributed by atoms with van der Waals surface area (Å²) in [6.45, 7) is 2.90. The zero-order chi connectivity index (χ0) is 10.3. The maximum atomic E-state index is 5.53. The molecule has 3 nitrogen and oxygen atoms in total. The van der Waals surface area contributed by atoms with E-state index in [4.69, 9.17) is 4.74 Å². The Morgan fingerprint density at radius 2 is 2.47 bits per heavy atom. The van der Waals surface area contributed by atoms with Crippen LogP contribution in [0.15, 0.2) is 24.4 Å². The Kier molecular flexibility index (Phi) is 4.11. The lowest BCUT2D eigenvalue weighted by molar-refractivity contribution is 0.110. The minimum Gasteiger partial charge on any atom is -0.377 e. The average molecular weight is 206 g/mol. The van der Waals surface area contributed by atoms with E-state index in [2.05, 4.69) is 16.4 Å². The van der Waals surface area contributed by atoms with Crippen LogP contribution in [0.4, 0.5) is 0 Å². The SMILES string of the molecule is c1ccc(CCNCC2CCCO2)nc1. The maximum absolute atomic E-state index is 5.53. The van der Waals surface area contributed by atoms with Crippen LogP contribution in [0.2, 0.25) is 0 Å². The molecule has 82 valence electrons. The molecule has 1 unspecified atom stereocenters. The number of aromatic nitrogens is 1. The summed E-state index contributed by atoms with van der Waals surface area (Å²) in [6, 6.07) is 6.04. The molecular formula is C12H18N2O. The average Bonchev–Trinajstić information content (AvgIpc) is 2.79. The van der Waals surface area contributed by atoms with Gasteiger partial charge in [-0.3, -0.25) is 4.98 Å². The van der Waals surface area contributed by atoms with Crippen LogP contribution in [-0.4, -0.2) is 30.8 Å². The van der Waals surface area contributed by atoms with Gasteiger partial charge >= 0.3 is 0 Å². The Hall–Kier alpha value is -0.930. The molecule has 15 heavy (non-hydrogen) atoms. The van der Waals surface area contributed by atoms with Gasteiger partial charge in [-0.15, -0.1) is 0 Å². The Labute approximate surface area is 90.9 Å². The normalized spacial score (nSPS) is 20.7. The summed E-state index contributed by atoms with van der Waals surface area (Å²) in [5, 5.41) is 3.41. The third kappa shape index (κ3) is 3.61. The summed E-state index contributed by atoms with van der Waals surface area (Å²) in [5.41, 5.74) is 1.15. The van der Waals surface area contributed by atoms with Crippen molar-refractivity contribution in [3.8, 4) is 0 Å². The fraction of sp³-hybridized carbons (Fsp3) is 0.583. The summed E-state index contributed by atoms with van der Waals surface area (Å²) in [4.78, 5) is 4.28. The summed E-state index contributed by atoms with van der Waals surface area (Å²) in [7, 11) is 0. The third-order valence-corrected chi connectivity index (χ3v) is 2.68. The number of nitrogens with one attached hydrogen (secondary N) is 1.